The van der Waals surface area contributed by atoms with Gasteiger partial charge in [-0.05, 0) is 73.5 Å². The number of carboxylic acid groups (broad SMARTS) is 1. The Hall–Kier alpha value is -1.46. The molecule has 5 aliphatic rings. The van der Waals surface area contributed by atoms with E-state index < -0.39 is 17.0 Å². The topological polar surface area (TPSA) is 87.1 Å². The Kier molecular flexibility index (Phi) is 5.26. The van der Waals surface area contributed by atoms with Crippen LogP contribution in [0.2, 0.25) is 0 Å². The maximum atomic E-state index is 14.2. The van der Waals surface area contributed by atoms with Crippen molar-refractivity contribution < 1.29 is 24.5 Å². The molecule has 5 nitrogen and oxygen atoms in total. The molecule has 0 amide bonds. The molecule has 2 spiro atoms. The molecule has 0 aromatic heterocycles. The number of allylic oxidation sites excluding steroid dienone is 3. The van der Waals surface area contributed by atoms with Gasteiger partial charge in [-0.2, -0.15) is 0 Å². The van der Waals surface area contributed by atoms with Crippen LogP contribution in [-0.2, 0) is 14.3 Å². The number of aliphatic carboxylic acids is 1. The van der Waals surface area contributed by atoms with E-state index in [0.29, 0.717) is 23.7 Å². The Balaban J connectivity index is 1.56. The van der Waals surface area contributed by atoms with Gasteiger partial charge in [0.05, 0.1) is 17.6 Å². The van der Waals surface area contributed by atoms with E-state index in [2.05, 4.69) is 47.6 Å². The first-order valence-corrected chi connectivity index (χ1v) is 13.6. The highest BCUT2D eigenvalue weighted by atomic mass is 16.6. The molecule has 0 bridgehead atoms. The summed E-state index contributed by atoms with van der Waals surface area (Å²) in [7, 11) is 0. The quantitative estimate of drug-likeness (QED) is 0.303. The van der Waals surface area contributed by atoms with E-state index in [9.17, 15) is 19.8 Å². The van der Waals surface area contributed by atoms with Gasteiger partial charge in [0.25, 0.3) is 0 Å². The van der Waals surface area contributed by atoms with Crippen molar-refractivity contribution in [3.63, 3.8) is 0 Å². The molecule has 0 unspecified atom stereocenters. The van der Waals surface area contributed by atoms with E-state index in [4.69, 9.17) is 4.74 Å². The maximum absolute atomic E-state index is 14.2. The second kappa shape index (κ2) is 7.31. The van der Waals surface area contributed by atoms with Crippen LogP contribution >= 0.6 is 0 Å². The summed E-state index contributed by atoms with van der Waals surface area (Å²) < 4.78 is 6.79. The number of carboxylic acids is 1. The molecule has 4 saturated carbocycles. The average Bonchev–Trinajstić information content (AvgIpc) is 3.33. The standard InChI is InChI=1S/C30H44O5/c1-18(24(33)34)9-8-10-19(2)27(6)17-23-30(35-23)28(27,7)15-13-22(32)29(30)16-11-20-25(3,4)21(31)12-14-26(20,29)5/h8-10,19-21,23,31H,11-17H2,1-7H3,(H,33,34)/b10-8+,18-9+/t19-,20-,21+,23+,26+,27-,28-,29-,30+/m1/s1. The van der Waals surface area contributed by atoms with E-state index in [0.717, 1.165) is 38.5 Å². The molecular weight excluding hydrogens is 440 g/mol. The van der Waals surface area contributed by atoms with Gasteiger partial charge >= 0.3 is 5.97 Å². The maximum Gasteiger partial charge on any atom is 0.331 e. The van der Waals surface area contributed by atoms with Crippen molar-refractivity contribution in [2.75, 3.05) is 0 Å². The van der Waals surface area contributed by atoms with Crippen molar-refractivity contribution in [3.8, 4) is 0 Å². The Bertz CT molecular complexity index is 1030. The number of ketones is 1. The molecule has 1 heterocycles. The fraction of sp³-hybridized carbons (Fsp3) is 0.800. The zero-order chi connectivity index (χ0) is 25.8. The van der Waals surface area contributed by atoms with Gasteiger partial charge in [0.2, 0.25) is 0 Å². The van der Waals surface area contributed by atoms with E-state index in [1.165, 1.54) is 0 Å². The minimum Gasteiger partial charge on any atom is -0.478 e. The highest BCUT2D eigenvalue weighted by Gasteiger charge is 2.91. The van der Waals surface area contributed by atoms with Gasteiger partial charge < -0.3 is 14.9 Å². The molecule has 0 radical (unpaired) electrons. The van der Waals surface area contributed by atoms with Gasteiger partial charge in [0.15, 0.2) is 0 Å². The van der Waals surface area contributed by atoms with E-state index in [-0.39, 0.29) is 39.8 Å². The van der Waals surface area contributed by atoms with Crippen molar-refractivity contribution >= 4 is 11.8 Å². The number of aliphatic hydroxyl groups excluding tert-OH is 1. The number of carbonyl (C=O) groups excluding carboxylic acids is 1. The zero-order valence-corrected chi connectivity index (χ0v) is 22.6. The molecule has 1 saturated heterocycles. The Labute approximate surface area is 210 Å². The summed E-state index contributed by atoms with van der Waals surface area (Å²) >= 11 is 0. The Morgan fingerprint density at radius 2 is 1.80 bits per heavy atom. The number of hydrogen-bond acceptors (Lipinski definition) is 4. The second-order valence-corrected chi connectivity index (χ2v) is 13.8. The van der Waals surface area contributed by atoms with Gasteiger partial charge in [-0.25, -0.2) is 4.79 Å². The fourth-order valence-electron chi connectivity index (χ4n) is 10.3. The molecular formula is C30H44O5. The predicted octanol–water partition coefficient (Wildman–Crippen LogP) is 5.71. The SMILES string of the molecule is C/C(=C\C=C\[C@@H](C)[C@@]1(C)C[C@@H]2O[C@]23[C@]1(C)CCC(=O)[C@@]31CC[C@@H]2C(C)(C)[C@@H](O)CC[C@@]21C)C(=O)O. The zero-order valence-electron chi connectivity index (χ0n) is 22.6. The molecule has 194 valence electrons. The Morgan fingerprint density at radius 3 is 2.46 bits per heavy atom. The van der Waals surface area contributed by atoms with E-state index in [1.54, 1.807) is 13.0 Å². The molecule has 35 heavy (non-hydrogen) atoms. The number of rotatable bonds is 4. The third-order valence-corrected chi connectivity index (χ3v) is 12.7. The van der Waals surface area contributed by atoms with Crippen molar-refractivity contribution in [1.82, 2.24) is 0 Å². The summed E-state index contributed by atoms with van der Waals surface area (Å²) in [6.07, 6.45) is 11.3. The van der Waals surface area contributed by atoms with Crippen molar-refractivity contribution in [2.24, 2.45) is 38.9 Å². The lowest BCUT2D eigenvalue weighted by Gasteiger charge is -2.63. The lowest BCUT2D eigenvalue weighted by atomic mass is 9.40. The molecule has 5 fully saturated rings. The monoisotopic (exact) mass is 484 g/mol. The van der Waals surface area contributed by atoms with Crippen LogP contribution in [0.15, 0.2) is 23.8 Å². The van der Waals surface area contributed by atoms with E-state index in [1.807, 2.05) is 6.08 Å². The molecule has 0 aromatic rings. The number of fused-ring (bicyclic) bond motifs is 2. The van der Waals surface area contributed by atoms with Gasteiger partial charge in [0, 0.05) is 17.4 Å². The summed E-state index contributed by atoms with van der Waals surface area (Å²) in [5.41, 5.74) is -1.17. The highest BCUT2D eigenvalue weighted by Crippen LogP contribution is 2.86. The summed E-state index contributed by atoms with van der Waals surface area (Å²) in [6.45, 7) is 15.4. The van der Waals surface area contributed by atoms with Gasteiger partial charge in [0.1, 0.15) is 11.4 Å². The number of epoxide rings is 1. The molecule has 4 aliphatic carbocycles. The largest absolute Gasteiger partial charge is 0.478 e. The van der Waals surface area contributed by atoms with Crippen LogP contribution in [0.25, 0.3) is 0 Å². The lowest BCUT2D eigenvalue weighted by Crippen LogP contribution is -2.67. The summed E-state index contributed by atoms with van der Waals surface area (Å²) in [5.74, 6) is 0.0328. The highest BCUT2D eigenvalue weighted by molar-refractivity contribution is 5.90. The molecule has 2 N–H and O–H groups in total. The lowest BCUT2D eigenvalue weighted by molar-refractivity contribution is -0.195. The first kappa shape index (κ1) is 25.2. The van der Waals surface area contributed by atoms with Crippen LogP contribution in [0.1, 0.15) is 93.4 Å². The van der Waals surface area contributed by atoms with E-state index >= 15 is 0 Å². The van der Waals surface area contributed by atoms with Crippen LogP contribution in [0.4, 0.5) is 0 Å². The fourth-order valence-corrected chi connectivity index (χ4v) is 10.3. The van der Waals surface area contributed by atoms with Gasteiger partial charge in [-0.3, -0.25) is 4.79 Å². The first-order chi connectivity index (χ1) is 16.2. The van der Waals surface area contributed by atoms with Gasteiger partial charge in [-0.15, -0.1) is 0 Å². The summed E-state index contributed by atoms with van der Waals surface area (Å²) in [4.78, 5) is 25.4. The van der Waals surface area contributed by atoms with Crippen molar-refractivity contribution in [2.45, 2.75) is 111 Å². The van der Waals surface area contributed by atoms with Crippen LogP contribution in [0.3, 0.4) is 0 Å². The molecule has 1 aliphatic heterocycles. The van der Waals surface area contributed by atoms with Crippen LogP contribution in [0, 0.1) is 38.9 Å². The minimum absolute atomic E-state index is 0.0524. The predicted molar refractivity (Wildman–Crippen MR) is 135 cm³/mol. The number of aliphatic hydroxyl groups is 1. The normalized spacial score (nSPS) is 51.3. The number of Topliss-reactive ketones (excluding diaryl/α,β-unsaturated/α-hetero) is 1. The summed E-state index contributed by atoms with van der Waals surface area (Å²) in [5, 5.41) is 20.1. The Morgan fingerprint density at radius 1 is 1.11 bits per heavy atom. The number of carbonyl (C=O) groups is 2. The van der Waals surface area contributed by atoms with Crippen LogP contribution < -0.4 is 0 Å². The third kappa shape index (κ3) is 2.67. The van der Waals surface area contributed by atoms with Crippen molar-refractivity contribution in [1.29, 1.82) is 0 Å². The molecule has 5 rings (SSSR count). The van der Waals surface area contributed by atoms with Crippen LogP contribution in [-0.4, -0.2) is 39.8 Å². The smallest absolute Gasteiger partial charge is 0.331 e. The first-order valence-electron chi connectivity index (χ1n) is 13.6. The molecule has 5 heteroatoms. The third-order valence-electron chi connectivity index (χ3n) is 12.7. The minimum atomic E-state index is -0.896. The molecule has 9 atom stereocenters. The second-order valence-electron chi connectivity index (χ2n) is 13.8. The average molecular weight is 485 g/mol. The van der Waals surface area contributed by atoms with Gasteiger partial charge in [-0.1, -0.05) is 59.8 Å². The number of ether oxygens (including phenoxy) is 1. The van der Waals surface area contributed by atoms with Crippen LogP contribution in [0.5, 0.6) is 0 Å². The summed E-state index contributed by atoms with van der Waals surface area (Å²) in [6, 6.07) is 0. The number of hydrogen-bond donors (Lipinski definition) is 2. The molecule has 0 aromatic carbocycles. The van der Waals surface area contributed by atoms with Crippen molar-refractivity contribution in [3.05, 3.63) is 23.8 Å².